The zero-order valence-electron chi connectivity index (χ0n) is 10.5. The van der Waals surface area contributed by atoms with Crippen LogP contribution in [-0.2, 0) is 0 Å². The fourth-order valence-corrected chi connectivity index (χ4v) is 2.69. The smallest absolute Gasteiger partial charge is 0.160 e. The standard InChI is InChI=1S/C15H12Cl2F2/c1-8-3-9(2)5-10(4-8)15(17)11-6-13(18)14(19)7-12(11)16/h3-7,15H,1-2H3. The maximum Gasteiger partial charge on any atom is 0.160 e. The number of alkyl halides is 1. The largest absolute Gasteiger partial charge is 0.204 e. The Kier molecular flexibility index (Phi) is 4.12. The Bertz CT molecular complexity index is 604. The highest BCUT2D eigenvalue weighted by Gasteiger charge is 2.18. The average molecular weight is 301 g/mol. The summed E-state index contributed by atoms with van der Waals surface area (Å²) in [6, 6.07) is 7.82. The van der Waals surface area contributed by atoms with Gasteiger partial charge in [-0.05, 0) is 37.1 Å². The monoisotopic (exact) mass is 300 g/mol. The van der Waals surface area contributed by atoms with E-state index in [1.165, 1.54) is 0 Å². The van der Waals surface area contributed by atoms with E-state index in [0.29, 0.717) is 5.56 Å². The molecule has 19 heavy (non-hydrogen) atoms. The molecule has 2 rings (SSSR count). The van der Waals surface area contributed by atoms with E-state index in [9.17, 15) is 8.78 Å². The Morgan fingerprint density at radius 1 is 0.895 bits per heavy atom. The number of aryl methyl sites for hydroxylation is 2. The molecule has 0 aliphatic rings. The third-order valence-electron chi connectivity index (χ3n) is 2.85. The van der Waals surface area contributed by atoms with Crippen molar-refractivity contribution in [2.45, 2.75) is 19.2 Å². The molecular weight excluding hydrogens is 289 g/mol. The van der Waals surface area contributed by atoms with Crippen LogP contribution in [0.15, 0.2) is 30.3 Å². The number of benzene rings is 2. The Labute approximate surface area is 121 Å². The molecule has 0 amide bonds. The second kappa shape index (κ2) is 5.48. The molecule has 0 aromatic heterocycles. The van der Waals surface area contributed by atoms with Crippen LogP contribution in [0.5, 0.6) is 0 Å². The molecule has 0 radical (unpaired) electrons. The fourth-order valence-electron chi connectivity index (χ4n) is 2.07. The van der Waals surface area contributed by atoms with Gasteiger partial charge < -0.3 is 0 Å². The lowest BCUT2D eigenvalue weighted by Gasteiger charge is -2.14. The van der Waals surface area contributed by atoms with Crippen LogP contribution in [0.3, 0.4) is 0 Å². The minimum absolute atomic E-state index is 0.123. The van der Waals surface area contributed by atoms with Gasteiger partial charge in [-0.15, -0.1) is 11.6 Å². The van der Waals surface area contributed by atoms with Gasteiger partial charge >= 0.3 is 0 Å². The topological polar surface area (TPSA) is 0 Å². The van der Waals surface area contributed by atoms with Gasteiger partial charge in [0.2, 0.25) is 0 Å². The molecule has 100 valence electrons. The summed E-state index contributed by atoms with van der Waals surface area (Å²) in [5, 5.41) is -0.487. The molecular formula is C15H12Cl2F2. The first-order valence-corrected chi connectivity index (χ1v) is 6.56. The minimum Gasteiger partial charge on any atom is -0.204 e. The van der Waals surface area contributed by atoms with Crippen LogP contribution in [-0.4, -0.2) is 0 Å². The van der Waals surface area contributed by atoms with Crippen LogP contribution in [0.25, 0.3) is 0 Å². The Hall–Kier alpha value is -1.12. The summed E-state index contributed by atoms with van der Waals surface area (Å²) in [5.41, 5.74) is 3.29. The van der Waals surface area contributed by atoms with Crippen LogP contribution in [0.2, 0.25) is 5.02 Å². The maximum atomic E-state index is 13.3. The van der Waals surface area contributed by atoms with E-state index in [2.05, 4.69) is 0 Å². The molecule has 0 saturated heterocycles. The first kappa shape index (κ1) is 14.3. The summed E-state index contributed by atoms with van der Waals surface area (Å²) in [5.74, 6) is -1.92. The number of halogens is 4. The summed E-state index contributed by atoms with van der Waals surface area (Å²) >= 11 is 12.3. The van der Waals surface area contributed by atoms with Gasteiger partial charge in [-0.25, -0.2) is 8.78 Å². The quantitative estimate of drug-likeness (QED) is 0.503. The highest BCUT2D eigenvalue weighted by atomic mass is 35.5. The molecule has 0 aliphatic carbocycles. The van der Waals surface area contributed by atoms with Gasteiger partial charge in [0.25, 0.3) is 0 Å². The first-order valence-electron chi connectivity index (χ1n) is 5.75. The lowest BCUT2D eigenvalue weighted by molar-refractivity contribution is 0.507. The van der Waals surface area contributed by atoms with E-state index in [1.54, 1.807) is 0 Å². The van der Waals surface area contributed by atoms with Crippen molar-refractivity contribution in [3.05, 3.63) is 69.2 Å². The van der Waals surface area contributed by atoms with Gasteiger partial charge in [-0.1, -0.05) is 40.9 Å². The second-order valence-corrected chi connectivity index (χ2v) is 5.42. The highest BCUT2D eigenvalue weighted by molar-refractivity contribution is 6.33. The van der Waals surface area contributed by atoms with Crippen molar-refractivity contribution in [3.8, 4) is 0 Å². The van der Waals surface area contributed by atoms with Crippen molar-refractivity contribution in [3.63, 3.8) is 0 Å². The van der Waals surface area contributed by atoms with Crippen LogP contribution in [0.1, 0.15) is 27.6 Å². The summed E-state index contributed by atoms with van der Waals surface area (Å²) in [4.78, 5) is 0. The zero-order valence-corrected chi connectivity index (χ0v) is 12.0. The van der Waals surface area contributed by atoms with E-state index >= 15 is 0 Å². The highest BCUT2D eigenvalue weighted by Crippen LogP contribution is 2.35. The SMILES string of the molecule is Cc1cc(C)cc(C(Cl)c2cc(F)c(F)cc2Cl)c1. The number of rotatable bonds is 2. The van der Waals surface area contributed by atoms with Crippen molar-refractivity contribution in [1.82, 2.24) is 0 Å². The lowest BCUT2D eigenvalue weighted by atomic mass is 10.00. The predicted octanol–water partition coefficient (Wildman–Crippen LogP) is 5.56. The molecule has 1 atom stereocenters. The molecule has 0 spiro atoms. The molecule has 4 heteroatoms. The molecule has 1 unspecified atom stereocenters. The van der Waals surface area contributed by atoms with Crippen LogP contribution in [0, 0.1) is 25.5 Å². The zero-order chi connectivity index (χ0) is 14.2. The molecule has 2 aromatic carbocycles. The maximum absolute atomic E-state index is 13.3. The molecule has 0 bridgehead atoms. The van der Waals surface area contributed by atoms with Gasteiger partial charge in [-0.3, -0.25) is 0 Å². The van der Waals surface area contributed by atoms with E-state index in [0.717, 1.165) is 28.8 Å². The Morgan fingerprint density at radius 2 is 1.42 bits per heavy atom. The molecule has 0 aliphatic heterocycles. The average Bonchev–Trinajstić information content (AvgIpc) is 2.31. The number of hydrogen-bond donors (Lipinski definition) is 0. The Morgan fingerprint density at radius 3 is 2.00 bits per heavy atom. The molecule has 0 N–H and O–H groups in total. The molecule has 0 heterocycles. The summed E-state index contributed by atoms with van der Waals surface area (Å²) in [7, 11) is 0. The first-order chi connectivity index (χ1) is 8.88. The lowest BCUT2D eigenvalue weighted by Crippen LogP contribution is -1.98. The Balaban J connectivity index is 2.49. The van der Waals surface area contributed by atoms with Gasteiger partial charge in [0.05, 0.1) is 5.38 Å². The minimum atomic E-state index is -0.974. The molecule has 2 aromatic rings. The van der Waals surface area contributed by atoms with E-state index in [1.807, 2.05) is 32.0 Å². The van der Waals surface area contributed by atoms with Crippen molar-refractivity contribution >= 4 is 23.2 Å². The van der Waals surface area contributed by atoms with Gasteiger partial charge in [-0.2, -0.15) is 0 Å². The normalized spacial score (nSPS) is 12.5. The third kappa shape index (κ3) is 3.07. The van der Waals surface area contributed by atoms with Crippen molar-refractivity contribution in [1.29, 1.82) is 0 Å². The number of hydrogen-bond acceptors (Lipinski definition) is 0. The van der Waals surface area contributed by atoms with Gasteiger partial charge in [0.1, 0.15) is 0 Å². The van der Waals surface area contributed by atoms with Crippen molar-refractivity contribution < 1.29 is 8.78 Å². The van der Waals surface area contributed by atoms with E-state index < -0.39 is 17.0 Å². The summed E-state index contributed by atoms with van der Waals surface area (Å²) < 4.78 is 26.4. The van der Waals surface area contributed by atoms with Gasteiger partial charge in [0, 0.05) is 5.02 Å². The second-order valence-electron chi connectivity index (χ2n) is 4.57. The fraction of sp³-hybridized carbons (Fsp3) is 0.200. The summed E-state index contributed by atoms with van der Waals surface area (Å²) in [6.07, 6.45) is 0. The summed E-state index contributed by atoms with van der Waals surface area (Å²) in [6.45, 7) is 3.90. The molecule has 0 saturated carbocycles. The van der Waals surface area contributed by atoms with Crippen LogP contribution in [0.4, 0.5) is 8.78 Å². The van der Waals surface area contributed by atoms with E-state index in [-0.39, 0.29) is 5.02 Å². The van der Waals surface area contributed by atoms with Crippen molar-refractivity contribution in [2.75, 3.05) is 0 Å². The van der Waals surface area contributed by atoms with Crippen molar-refractivity contribution in [2.24, 2.45) is 0 Å². The predicted molar refractivity (Wildman–Crippen MR) is 75.0 cm³/mol. The molecule has 0 fully saturated rings. The third-order valence-corrected chi connectivity index (χ3v) is 3.66. The van der Waals surface area contributed by atoms with Crippen LogP contribution < -0.4 is 0 Å². The van der Waals surface area contributed by atoms with Crippen LogP contribution >= 0.6 is 23.2 Å². The molecule has 0 nitrogen and oxygen atoms in total. The van der Waals surface area contributed by atoms with E-state index in [4.69, 9.17) is 23.2 Å². The van der Waals surface area contributed by atoms with Gasteiger partial charge in [0.15, 0.2) is 11.6 Å².